The molecule has 0 unspecified atom stereocenters. The first-order valence-corrected chi connectivity index (χ1v) is 11.2. The zero-order chi connectivity index (χ0) is 23.2. The maximum absolute atomic E-state index is 13.5. The van der Waals surface area contributed by atoms with Gasteiger partial charge in [0, 0.05) is 41.4 Å². The molecule has 2 atom stereocenters. The Kier molecular flexibility index (Phi) is 5.82. The van der Waals surface area contributed by atoms with Crippen LogP contribution in [-0.2, 0) is 17.3 Å². The monoisotopic (exact) mass is 481 g/mol. The zero-order valence-electron chi connectivity index (χ0n) is 18.0. The van der Waals surface area contributed by atoms with Crippen molar-refractivity contribution >= 4 is 28.5 Å². The number of hydrogen-bond acceptors (Lipinski definition) is 6. The molecule has 1 aromatic carbocycles. The third-order valence-electron chi connectivity index (χ3n) is 6.32. The SMILES string of the molecule is COc1nc(N2CCc3c([nH]c4ccc(Cl)cc34)[C@@H]2C[C@@H]2CCCOC2)nc(C(F)(F)F)n1. The van der Waals surface area contributed by atoms with Crippen LogP contribution in [0.5, 0.6) is 6.01 Å². The van der Waals surface area contributed by atoms with Gasteiger partial charge >= 0.3 is 12.2 Å². The number of aromatic amines is 1. The maximum Gasteiger partial charge on any atom is 0.451 e. The minimum Gasteiger partial charge on any atom is -0.467 e. The Morgan fingerprint density at radius 2 is 2.12 bits per heavy atom. The standard InChI is InChI=1S/C22H23ClF3N5O2/c1-32-21-29-19(22(24,25)26)28-20(30-21)31-7-6-14-15-10-13(23)4-5-16(15)27-18(14)17(31)9-12-3-2-8-33-11-12/h4-5,10,12,17,27H,2-3,6-9,11H2,1H3/t12-,17-/m0/s1. The summed E-state index contributed by atoms with van der Waals surface area (Å²) in [6.45, 7) is 1.82. The minimum atomic E-state index is -4.71. The van der Waals surface area contributed by atoms with Crippen LogP contribution in [0.1, 0.15) is 42.4 Å². The Hall–Kier alpha value is -2.59. The Bertz CT molecular complexity index is 1160. The third kappa shape index (κ3) is 4.33. The molecule has 11 heteroatoms. The number of H-pyrrole nitrogens is 1. The summed E-state index contributed by atoms with van der Waals surface area (Å²) in [4.78, 5) is 16.7. The number of benzene rings is 1. The Morgan fingerprint density at radius 3 is 2.85 bits per heavy atom. The molecule has 2 aromatic heterocycles. The predicted molar refractivity (Wildman–Crippen MR) is 117 cm³/mol. The van der Waals surface area contributed by atoms with Gasteiger partial charge in [-0.1, -0.05) is 11.6 Å². The smallest absolute Gasteiger partial charge is 0.451 e. The Balaban J connectivity index is 1.60. The van der Waals surface area contributed by atoms with Crippen molar-refractivity contribution in [3.8, 4) is 6.01 Å². The first kappa shape index (κ1) is 22.2. The highest BCUT2D eigenvalue weighted by Gasteiger charge is 2.39. The first-order chi connectivity index (χ1) is 15.8. The first-order valence-electron chi connectivity index (χ1n) is 10.8. The quantitative estimate of drug-likeness (QED) is 0.568. The Labute approximate surface area is 193 Å². The van der Waals surface area contributed by atoms with Gasteiger partial charge in [-0.3, -0.25) is 0 Å². The lowest BCUT2D eigenvalue weighted by molar-refractivity contribution is -0.145. The van der Waals surface area contributed by atoms with Crippen LogP contribution in [0.2, 0.25) is 5.02 Å². The number of halogens is 4. The van der Waals surface area contributed by atoms with Crippen LogP contribution in [-0.4, -0.2) is 46.8 Å². The van der Waals surface area contributed by atoms with E-state index >= 15 is 0 Å². The summed E-state index contributed by atoms with van der Waals surface area (Å²) in [7, 11) is 1.24. The van der Waals surface area contributed by atoms with Gasteiger partial charge in [0.05, 0.1) is 13.2 Å². The van der Waals surface area contributed by atoms with Crippen LogP contribution in [0.25, 0.3) is 10.9 Å². The summed E-state index contributed by atoms with van der Waals surface area (Å²) >= 11 is 6.24. The fraction of sp³-hybridized carbons (Fsp3) is 0.500. The summed E-state index contributed by atoms with van der Waals surface area (Å²) in [6.07, 6.45) is -1.44. The van der Waals surface area contributed by atoms with Crippen molar-refractivity contribution in [2.24, 2.45) is 5.92 Å². The molecule has 2 aliphatic rings. The predicted octanol–water partition coefficient (Wildman–Crippen LogP) is 4.95. The molecule has 1 N–H and O–H groups in total. The molecule has 0 spiro atoms. The van der Waals surface area contributed by atoms with Crippen LogP contribution in [0.4, 0.5) is 19.1 Å². The molecule has 4 heterocycles. The van der Waals surface area contributed by atoms with E-state index in [-0.39, 0.29) is 23.9 Å². The van der Waals surface area contributed by atoms with E-state index in [0.29, 0.717) is 31.0 Å². The van der Waals surface area contributed by atoms with E-state index in [1.54, 1.807) is 0 Å². The fourth-order valence-electron chi connectivity index (χ4n) is 4.82. The molecule has 176 valence electrons. The summed E-state index contributed by atoms with van der Waals surface area (Å²) in [6, 6.07) is 5.06. The molecule has 33 heavy (non-hydrogen) atoms. The van der Waals surface area contributed by atoms with Crippen molar-refractivity contribution in [2.75, 3.05) is 31.8 Å². The highest BCUT2D eigenvalue weighted by atomic mass is 35.5. The van der Waals surface area contributed by atoms with Crippen molar-refractivity contribution < 1.29 is 22.6 Å². The number of fused-ring (bicyclic) bond motifs is 3. The van der Waals surface area contributed by atoms with Crippen molar-refractivity contribution in [3.05, 3.63) is 40.3 Å². The van der Waals surface area contributed by atoms with Crippen LogP contribution in [0, 0.1) is 5.92 Å². The highest BCUT2D eigenvalue weighted by Crippen LogP contribution is 2.41. The van der Waals surface area contributed by atoms with Gasteiger partial charge in [0.2, 0.25) is 11.8 Å². The normalized spacial score (nSPS) is 21.3. The van der Waals surface area contributed by atoms with E-state index in [2.05, 4.69) is 19.9 Å². The molecule has 1 saturated heterocycles. The number of methoxy groups -OCH3 is 1. The number of rotatable bonds is 4. The van der Waals surface area contributed by atoms with Crippen LogP contribution < -0.4 is 9.64 Å². The van der Waals surface area contributed by atoms with Crippen molar-refractivity contribution in [1.29, 1.82) is 0 Å². The molecule has 0 saturated carbocycles. The Morgan fingerprint density at radius 1 is 1.27 bits per heavy atom. The molecule has 1 fully saturated rings. The van der Waals surface area contributed by atoms with Gasteiger partial charge in [0.1, 0.15) is 0 Å². The molecule has 2 aliphatic heterocycles. The van der Waals surface area contributed by atoms with Gasteiger partial charge in [0.25, 0.3) is 0 Å². The number of nitrogens with one attached hydrogen (secondary N) is 1. The maximum atomic E-state index is 13.5. The number of hydrogen-bond donors (Lipinski definition) is 1. The second kappa shape index (κ2) is 8.64. The van der Waals surface area contributed by atoms with Gasteiger partial charge in [-0.05, 0) is 55.4 Å². The molecule has 0 amide bonds. The van der Waals surface area contributed by atoms with E-state index in [1.807, 2.05) is 23.1 Å². The minimum absolute atomic E-state index is 0.0433. The molecule has 7 nitrogen and oxygen atoms in total. The number of ether oxygens (including phenoxy) is 2. The molecular formula is C22H23ClF3N5O2. The molecule has 5 rings (SSSR count). The van der Waals surface area contributed by atoms with Crippen LogP contribution in [0.3, 0.4) is 0 Å². The van der Waals surface area contributed by atoms with Gasteiger partial charge in [-0.2, -0.15) is 28.1 Å². The lowest BCUT2D eigenvalue weighted by atomic mass is 9.88. The second-order valence-electron chi connectivity index (χ2n) is 8.43. The number of alkyl halides is 3. The van der Waals surface area contributed by atoms with Gasteiger partial charge in [0.15, 0.2) is 0 Å². The third-order valence-corrected chi connectivity index (χ3v) is 6.56. The van der Waals surface area contributed by atoms with E-state index in [1.165, 1.54) is 7.11 Å². The van der Waals surface area contributed by atoms with E-state index in [0.717, 1.165) is 41.6 Å². The van der Waals surface area contributed by atoms with Crippen molar-refractivity contribution in [2.45, 2.75) is 37.9 Å². The molecule has 0 bridgehead atoms. The van der Waals surface area contributed by atoms with Crippen molar-refractivity contribution in [1.82, 2.24) is 19.9 Å². The van der Waals surface area contributed by atoms with Gasteiger partial charge < -0.3 is 19.4 Å². The number of aromatic nitrogens is 4. The van der Waals surface area contributed by atoms with E-state index < -0.39 is 12.0 Å². The molecule has 0 radical (unpaired) electrons. The van der Waals surface area contributed by atoms with Crippen molar-refractivity contribution in [3.63, 3.8) is 0 Å². The average molecular weight is 482 g/mol. The second-order valence-corrected chi connectivity index (χ2v) is 8.87. The van der Waals surface area contributed by atoms with E-state index in [9.17, 15) is 13.2 Å². The van der Waals surface area contributed by atoms with E-state index in [4.69, 9.17) is 21.1 Å². The highest BCUT2D eigenvalue weighted by molar-refractivity contribution is 6.31. The fourth-order valence-corrected chi connectivity index (χ4v) is 5.00. The largest absolute Gasteiger partial charge is 0.467 e. The number of nitrogens with zero attached hydrogens (tertiary/aromatic N) is 4. The molecule has 3 aromatic rings. The molecular weight excluding hydrogens is 459 g/mol. The summed E-state index contributed by atoms with van der Waals surface area (Å²) in [5.74, 6) is -1.03. The molecule has 0 aliphatic carbocycles. The summed E-state index contributed by atoms with van der Waals surface area (Å²) in [5, 5.41) is 1.67. The van der Waals surface area contributed by atoms with Crippen LogP contribution in [0.15, 0.2) is 18.2 Å². The number of anilines is 1. The average Bonchev–Trinajstić information content (AvgIpc) is 3.17. The summed E-state index contributed by atoms with van der Waals surface area (Å²) < 4.78 is 51.1. The van der Waals surface area contributed by atoms with Gasteiger partial charge in [-0.15, -0.1) is 0 Å². The van der Waals surface area contributed by atoms with Crippen LogP contribution >= 0.6 is 11.6 Å². The zero-order valence-corrected chi connectivity index (χ0v) is 18.7. The van der Waals surface area contributed by atoms with Gasteiger partial charge in [-0.25, -0.2) is 0 Å². The summed E-state index contributed by atoms with van der Waals surface area (Å²) in [5.41, 5.74) is 3.03. The topological polar surface area (TPSA) is 76.2 Å². The lowest BCUT2D eigenvalue weighted by Gasteiger charge is -2.38. The lowest BCUT2D eigenvalue weighted by Crippen LogP contribution is -2.39.